The van der Waals surface area contributed by atoms with Crippen LogP contribution in [0.15, 0.2) is 23.1 Å². The lowest BCUT2D eigenvalue weighted by molar-refractivity contribution is -0.123. The van der Waals surface area contributed by atoms with Crippen LogP contribution in [0.2, 0.25) is 0 Å². The first-order valence-corrected chi connectivity index (χ1v) is 8.98. The van der Waals surface area contributed by atoms with Gasteiger partial charge >= 0.3 is 0 Å². The lowest BCUT2D eigenvalue weighted by Crippen LogP contribution is -2.35. The van der Waals surface area contributed by atoms with Crippen LogP contribution in [0.25, 0.3) is 0 Å². The average Bonchev–Trinajstić information content (AvgIpc) is 2.89. The summed E-state index contributed by atoms with van der Waals surface area (Å²) >= 11 is 0. The van der Waals surface area contributed by atoms with E-state index < -0.39 is 10.0 Å². The zero-order chi connectivity index (χ0) is 15.0. The molecule has 5 nitrogen and oxygen atoms in total. The fraction of sp³-hybridized carbons (Fsp3) is 0.533. The molecule has 0 atom stereocenters. The third-order valence-corrected chi connectivity index (χ3v) is 5.41. The highest BCUT2D eigenvalue weighted by Gasteiger charge is 2.31. The molecule has 2 N–H and O–H groups in total. The van der Waals surface area contributed by atoms with E-state index in [1.807, 2.05) is 4.90 Å². The lowest BCUT2D eigenvalue weighted by atomic mass is 9.88. The Hall–Kier alpha value is -1.40. The molecule has 1 aliphatic carbocycles. The Labute approximate surface area is 125 Å². The topological polar surface area (TPSA) is 80.5 Å². The number of hydrogen-bond donors (Lipinski definition) is 1. The maximum Gasteiger partial charge on any atom is 0.238 e. The number of hydrogen-bond acceptors (Lipinski definition) is 3. The van der Waals surface area contributed by atoms with Crippen LogP contribution >= 0.6 is 0 Å². The van der Waals surface area contributed by atoms with Crippen molar-refractivity contribution < 1.29 is 13.2 Å². The summed E-state index contributed by atoms with van der Waals surface area (Å²) in [5.41, 5.74) is 1.74. The van der Waals surface area contributed by atoms with Gasteiger partial charge < -0.3 is 4.90 Å². The van der Waals surface area contributed by atoms with Gasteiger partial charge in [0.05, 0.1) is 4.90 Å². The number of benzene rings is 1. The number of amides is 1. The van der Waals surface area contributed by atoms with Gasteiger partial charge in [-0.05, 0) is 43.0 Å². The number of anilines is 1. The highest BCUT2D eigenvalue weighted by molar-refractivity contribution is 7.89. The molecule has 1 fully saturated rings. The summed E-state index contributed by atoms with van der Waals surface area (Å²) in [7, 11) is -3.69. The number of carbonyl (C=O) groups excluding carboxylic acids is 1. The molecular formula is C15H20N2O3S. The van der Waals surface area contributed by atoms with Crippen LogP contribution in [0.3, 0.4) is 0 Å². The van der Waals surface area contributed by atoms with Crippen molar-refractivity contribution in [3.8, 4) is 0 Å². The summed E-state index contributed by atoms with van der Waals surface area (Å²) in [5, 5.41) is 5.15. The number of nitrogens with two attached hydrogens (primary N) is 1. The highest BCUT2D eigenvalue weighted by Crippen LogP contribution is 2.33. The summed E-state index contributed by atoms with van der Waals surface area (Å²) < 4.78 is 22.8. The predicted molar refractivity (Wildman–Crippen MR) is 80.4 cm³/mol. The van der Waals surface area contributed by atoms with Crippen LogP contribution in [-0.4, -0.2) is 20.9 Å². The fourth-order valence-electron chi connectivity index (χ4n) is 3.35. The third kappa shape index (κ3) is 2.82. The number of rotatable bonds is 2. The molecule has 0 saturated heterocycles. The van der Waals surface area contributed by atoms with Gasteiger partial charge in [-0.25, -0.2) is 13.6 Å². The van der Waals surface area contributed by atoms with Gasteiger partial charge in [-0.1, -0.05) is 19.3 Å². The van der Waals surface area contributed by atoms with E-state index in [-0.39, 0.29) is 16.7 Å². The van der Waals surface area contributed by atoms with Gasteiger partial charge in [-0.3, -0.25) is 4.79 Å². The van der Waals surface area contributed by atoms with E-state index in [0.29, 0.717) is 13.0 Å². The second kappa shape index (κ2) is 5.42. The monoisotopic (exact) mass is 308 g/mol. The number of carbonyl (C=O) groups is 1. The molecule has 2 aliphatic rings. The largest absolute Gasteiger partial charge is 0.312 e. The van der Waals surface area contributed by atoms with Crippen molar-refractivity contribution in [3.05, 3.63) is 23.8 Å². The molecule has 0 spiro atoms. The van der Waals surface area contributed by atoms with Gasteiger partial charge in [0.2, 0.25) is 15.9 Å². The average molecular weight is 308 g/mol. The SMILES string of the molecule is NS(=O)(=O)c1ccc2c(c1)CCN2C(=O)C1CCCCC1. The molecule has 1 aliphatic heterocycles. The normalized spacial score (nSPS) is 19.6. The summed E-state index contributed by atoms with van der Waals surface area (Å²) in [6.07, 6.45) is 6.11. The molecule has 0 unspecified atom stereocenters. The van der Waals surface area contributed by atoms with E-state index in [0.717, 1.165) is 36.9 Å². The van der Waals surface area contributed by atoms with Crippen molar-refractivity contribution in [2.24, 2.45) is 11.1 Å². The first-order valence-electron chi connectivity index (χ1n) is 7.44. The van der Waals surface area contributed by atoms with Gasteiger partial charge in [-0.15, -0.1) is 0 Å². The Morgan fingerprint density at radius 1 is 1.19 bits per heavy atom. The number of sulfonamides is 1. The van der Waals surface area contributed by atoms with E-state index in [1.165, 1.54) is 12.5 Å². The Bertz CT molecular complexity index is 663. The van der Waals surface area contributed by atoms with E-state index in [4.69, 9.17) is 5.14 Å². The quantitative estimate of drug-likeness (QED) is 0.904. The van der Waals surface area contributed by atoms with Gasteiger partial charge in [0, 0.05) is 18.2 Å². The summed E-state index contributed by atoms with van der Waals surface area (Å²) in [5.74, 6) is 0.319. The summed E-state index contributed by atoms with van der Waals surface area (Å²) in [4.78, 5) is 14.6. The molecular weight excluding hydrogens is 288 g/mol. The summed E-state index contributed by atoms with van der Waals surface area (Å²) in [6, 6.07) is 4.79. The Kier molecular flexibility index (Phi) is 3.75. The van der Waals surface area contributed by atoms with Crippen molar-refractivity contribution in [1.82, 2.24) is 0 Å². The molecule has 0 bridgehead atoms. The van der Waals surface area contributed by atoms with Crippen molar-refractivity contribution in [2.45, 2.75) is 43.4 Å². The van der Waals surface area contributed by atoms with Crippen molar-refractivity contribution >= 4 is 21.6 Å². The van der Waals surface area contributed by atoms with E-state index in [9.17, 15) is 13.2 Å². The van der Waals surface area contributed by atoms with E-state index >= 15 is 0 Å². The fourth-order valence-corrected chi connectivity index (χ4v) is 3.92. The zero-order valence-corrected chi connectivity index (χ0v) is 12.7. The second-order valence-corrected chi connectivity index (χ2v) is 7.47. The predicted octanol–water partition coefficient (Wildman–Crippen LogP) is 1.80. The van der Waals surface area contributed by atoms with Crippen LogP contribution < -0.4 is 10.0 Å². The number of primary sulfonamides is 1. The highest BCUT2D eigenvalue weighted by atomic mass is 32.2. The second-order valence-electron chi connectivity index (χ2n) is 5.91. The van der Waals surface area contributed by atoms with Crippen LogP contribution in [0, 0.1) is 5.92 Å². The van der Waals surface area contributed by atoms with Crippen molar-refractivity contribution in [3.63, 3.8) is 0 Å². The van der Waals surface area contributed by atoms with Crippen LogP contribution in [0.1, 0.15) is 37.7 Å². The maximum atomic E-state index is 12.6. The Morgan fingerprint density at radius 2 is 1.90 bits per heavy atom. The van der Waals surface area contributed by atoms with Crippen molar-refractivity contribution in [1.29, 1.82) is 0 Å². The molecule has 1 saturated carbocycles. The third-order valence-electron chi connectivity index (χ3n) is 4.50. The van der Waals surface area contributed by atoms with E-state index in [2.05, 4.69) is 0 Å². The molecule has 1 amide bonds. The molecule has 114 valence electrons. The smallest absolute Gasteiger partial charge is 0.238 e. The van der Waals surface area contributed by atoms with Crippen LogP contribution in [0.4, 0.5) is 5.69 Å². The minimum Gasteiger partial charge on any atom is -0.312 e. The molecule has 21 heavy (non-hydrogen) atoms. The van der Waals surface area contributed by atoms with Gasteiger partial charge in [-0.2, -0.15) is 0 Å². The standard InChI is InChI=1S/C15H20N2O3S/c16-21(19,20)13-6-7-14-12(10-13)8-9-17(14)15(18)11-4-2-1-3-5-11/h6-7,10-11H,1-5,8-9H2,(H2,16,19,20). The van der Waals surface area contributed by atoms with Crippen LogP contribution in [0.5, 0.6) is 0 Å². The minimum absolute atomic E-state index is 0.119. The van der Waals surface area contributed by atoms with Gasteiger partial charge in [0.15, 0.2) is 0 Å². The number of nitrogens with zero attached hydrogens (tertiary/aromatic N) is 1. The molecule has 0 aromatic heterocycles. The van der Waals surface area contributed by atoms with Crippen LogP contribution in [-0.2, 0) is 21.2 Å². The first-order chi connectivity index (χ1) is 9.97. The molecule has 1 aromatic rings. The minimum atomic E-state index is -3.69. The van der Waals surface area contributed by atoms with Crippen molar-refractivity contribution in [2.75, 3.05) is 11.4 Å². The van der Waals surface area contributed by atoms with E-state index in [1.54, 1.807) is 12.1 Å². The first kappa shape index (κ1) is 14.5. The van der Waals surface area contributed by atoms with Gasteiger partial charge in [0.25, 0.3) is 0 Å². The maximum absolute atomic E-state index is 12.6. The molecule has 3 rings (SSSR count). The summed E-state index contributed by atoms with van der Waals surface area (Å²) in [6.45, 7) is 0.638. The lowest BCUT2D eigenvalue weighted by Gasteiger charge is -2.26. The van der Waals surface area contributed by atoms with Gasteiger partial charge in [0.1, 0.15) is 0 Å². The molecule has 0 radical (unpaired) electrons. The molecule has 6 heteroatoms. The Morgan fingerprint density at radius 3 is 2.57 bits per heavy atom. The Balaban J connectivity index is 1.85. The molecule has 1 heterocycles. The molecule has 1 aromatic carbocycles. The number of fused-ring (bicyclic) bond motifs is 1. The zero-order valence-electron chi connectivity index (χ0n) is 11.9.